The molecule has 0 radical (unpaired) electrons. The largest absolute Gasteiger partial charge is 0.369 e. The van der Waals surface area contributed by atoms with Crippen LogP contribution in [0.1, 0.15) is 18.4 Å². The Balaban J connectivity index is 1.82. The first-order valence-electron chi connectivity index (χ1n) is 5.06. The number of rotatable bonds is 4. The standard InChI is InChI=1S/C11H15ClN2/c1-8-2-5-11(13-6-8)14-7-10(12)9-3-4-9/h2,5-6,9-10H,3-4,7H2,1H3,(H,13,14). The van der Waals surface area contributed by atoms with Crippen LogP contribution in [-0.4, -0.2) is 16.9 Å². The third-order valence-electron chi connectivity index (χ3n) is 2.52. The maximum atomic E-state index is 6.17. The predicted octanol–water partition coefficient (Wildman–Crippen LogP) is 2.82. The molecular formula is C11H15ClN2. The lowest BCUT2D eigenvalue weighted by Crippen LogP contribution is -2.16. The number of anilines is 1. The highest BCUT2D eigenvalue weighted by molar-refractivity contribution is 6.21. The molecular weight excluding hydrogens is 196 g/mol. The van der Waals surface area contributed by atoms with Crippen molar-refractivity contribution in [3.8, 4) is 0 Å². The van der Waals surface area contributed by atoms with Crippen LogP contribution in [0.2, 0.25) is 0 Å². The van der Waals surface area contributed by atoms with E-state index in [-0.39, 0.29) is 5.38 Å². The maximum absolute atomic E-state index is 6.17. The van der Waals surface area contributed by atoms with E-state index in [4.69, 9.17) is 11.6 Å². The van der Waals surface area contributed by atoms with Crippen LogP contribution >= 0.6 is 11.6 Å². The summed E-state index contributed by atoms with van der Waals surface area (Å²) in [5.41, 5.74) is 1.18. The average molecular weight is 211 g/mol. The van der Waals surface area contributed by atoms with Gasteiger partial charge in [-0.25, -0.2) is 4.98 Å². The van der Waals surface area contributed by atoms with Crippen molar-refractivity contribution in [3.05, 3.63) is 23.9 Å². The van der Waals surface area contributed by atoms with E-state index < -0.39 is 0 Å². The van der Waals surface area contributed by atoms with E-state index in [2.05, 4.69) is 16.4 Å². The zero-order valence-electron chi connectivity index (χ0n) is 8.33. The Morgan fingerprint density at radius 1 is 1.57 bits per heavy atom. The molecule has 1 aromatic rings. The van der Waals surface area contributed by atoms with E-state index in [0.717, 1.165) is 18.3 Å². The number of nitrogens with zero attached hydrogens (tertiary/aromatic N) is 1. The summed E-state index contributed by atoms with van der Waals surface area (Å²) in [5, 5.41) is 3.51. The molecule has 1 saturated carbocycles. The molecule has 1 atom stereocenters. The molecule has 1 aliphatic carbocycles. The van der Waals surface area contributed by atoms with Gasteiger partial charge >= 0.3 is 0 Å². The number of alkyl halides is 1. The molecule has 0 saturated heterocycles. The molecule has 2 rings (SSSR count). The minimum absolute atomic E-state index is 0.262. The van der Waals surface area contributed by atoms with Crippen molar-refractivity contribution < 1.29 is 0 Å². The number of hydrogen-bond acceptors (Lipinski definition) is 2. The van der Waals surface area contributed by atoms with Crippen molar-refractivity contribution in [2.45, 2.75) is 25.1 Å². The van der Waals surface area contributed by atoms with Crippen molar-refractivity contribution >= 4 is 17.4 Å². The first kappa shape index (κ1) is 9.78. The van der Waals surface area contributed by atoms with Crippen molar-refractivity contribution in [1.82, 2.24) is 4.98 Å². The van der Waals surface area contributed by atoms with Gasteiger partial charge in [0.25, 0.3) is 0 Å². The number of halogens is 1. The van der Waals surface area contributed by atoms with Gasteiger partial charge in [-0.1, -0.05) is 6.07 Å². The quantitative estimate of drug-likeness (QED) is 0.774. The summed E-state index contributed by atoms with van der Waals surface area (Å²) in [7, 11) is 0. The number of nitrogens with one attached hydrogen (secondary N) is 1. The minimum Gasteiger partial charge on any atom is -0.369 e. The van der Waals surface area contributed by atoms with Crippen LogP contribution in [0.4, 0.5) is 5.82 Å². The third kappa shape index (κ3) is 2.61. The lowest BCUT2D eigenvalue weighted by atomic mass is 10.3. The fraction of sp³-hybridized carbons (Fsp3) is 0.545. The van der Waals surface area contributed by atoms with Crippen LogP contribution in [0.15, 0.2) is 18.3 Å². The van der Waals surface area contributed by atoms with Gasteiger partial charge in [-0.3, -0.25) is 0 Å². The van der Waals surface area contributed by atoms with Crippen LogP contribution in [0, 0.1) is 12.8 Å². The molecule has 3 heteroatoms. The van der Waals surface area contributed by atoms with Crippen LogP contribution in [0.25, 0.3) is 0 Å². The van der Waals surface area contributed by atoms with Crippen LogP contribution in [0.5, 0.6) is 0 Å². The molecule has 1 aliphatic rings. The zero-order chi connectivity index (χ0) is 9.97. The molecule has 0 aliphatic heterocycles. The van der Waals surface area contributed by atoms with Gasteiger partial charge in [0.05, 0.1) is 5.38 Å². The van der Waals surface area contributed by atoms with Crippen molar-refractivity contribution in [2.75, 3.05) is 11.9 Å². The molecule has 0 spiro atoms. The molecule has 0 amide bonds. The molecule has 0 aromatic carbocycles. The van der Waals surface area contributed by atoms with E-state index in [0.29, 0.717) is 0 Å². The monoisotopic (exact) mass is 210 g/mol. The summed E-state index contributed by atoms with van der Waals surface area (Å²) in [6.45, 7) is 2.85. The molecule has 76 valence electrons. The van der Waals surface area contributed by atoms with E-state index >= 15 is 0 Å². The molecule has 1 heterocycles. The Kier molecular flexibility index (Phi) is 2.92. The third-order valence-corrected chi connectivity index (χ3v) is 3.03. The van der Waals surface area contributed by atoms with Gasteiger partial charge in [-0.15, -0.1) is 11.6 Å². The van der Waals surface area contributed by atoms with Crippen LogP contribution in [-0.2, 0) is 0 Å². The van der Waals surface area contributed by atoms with Crippen LogP contribution < -0.4 is 5.32 Å². The summed E-state index contributed by atoms with van der Waals surface area (Å²) in [4.78, 5) is 4.26. The van der Waals surface area contributed by atoms with Gasteiger partial charge < -0.3 is 5.32 Å². The number of pyridine rings is 1. The van der Waals surface area contributed by atoms with E-state index in [1.807, 2.05) is 19.2 Å². The van der Waals surface area contributed by atoms with E-state index in [9.17, 15) is 0 Å². The normalized spacial score (nSPS) is 17.9. The molecule has 1 fully saturated rings. The van der Waals surface area contributed by atoms with Gasteiger partial charge in [0.1, 0.15) is 5.82 Å². The second kappa shape index (κ2) is 4.18. The SMILES string of the molecule is Cc1ccc(NCC(Cl)C2CC2)nc1. The number of aromatic nitrogens is 1. The summed E-state index contributed by atoms with van der Waals surface area (Å²) in [5.74, 6) is 1.65. The highest BCUT2D eigenvalue weighted by Crippen LogP contribution is 2.35. The maximum Gasteiger partial charge on any atom is 0.125 e. The molecule has 0 bridgehead atoms. The Hall–Kier alpha value is -0.760. The lowest BCUT2D eigenvalue weighted by Gasteiger charge is -2.09. The fourth-order valence-electron chi connectivity index (χ4n) is 1.40. The number of hydrogen-bond donors (Lipinski definition) is 1. The van der Waals surface area contributed by atoms with Gasteiger partial charge in [0, 0.05) is 12.7 Å². The van der Waals surface area contributed by atoms with Gasteiger partial charge in [-0.05, 0) is 37.3 Å². The van der Waals surface area contributed by atoms with Crippen molar-refractivity contribution in [3.63, 3.8) is 0 Å². The predicted molar refractivity (Wildman–Crippen MR) is 59.8 cm³/mol. The summed E-state index contributed by atoms with van der Waals surface area (Å²) in [6.07, 6.45) is 4.44. The number of aryl methyl sites for hydroxylation is 1. The Morgan fingerprint density at radius 2 is 2.36 bits per heavy atom. The smallest absolute Gasteiger partial charge is 0.125 e. The van der Waals surface area contributed by atoms with Crippen molar-refractivity contribution in [1.29, 1.82) is 0 Å². The molecule has 14 heavy (non-hydrogen) atoms. The highest BCUT2D eigenvalue weighted by atomic mass is 35.5. The van der Waals surface area contributed by atoms with Crippen LogP contribution in [0.3, 0.4) is 0 Å². The molecule has 2 nitrogen and oxygen atoms in total. The first-order valence-corrected chi connectivity index (χ1v) is 5.50. The topological polar surface area (TPSA) is 24.9 Å². The zero-order valence-corrected chi connectivity index (χ0v) is 9.09. The molecule has 1 N–H and O–H groups in total. The summed E-state index contributed by atoms with van der Waals surface area (Å²) in [6, 6.07) is 4.04. The van der Waals surface area contributed by atoms with Gasteiger partial charge in [-0.2, -0.15) is 0 Å². The minimum atomic E-state index is 0.262. The van der Waals surface area contributed by atoms with E-state index in [1.54, 1.807) is 0 Å². The first-order chi connectivity index (χ1) is 6.75. The molecule has 1 aromatic heterocycles. The van der Waals surface area contributed by atoms with Gasteiger partial charge in [0.2, 0.25) is 0 Å². The average Bonchev–Trinajstić information content (AvgIpc) is 3.00. The Labute approximate surface area is 89.7 Å². The van der Waals surface area contributed by atoms with Gasteiger partial charge in [0.15, 0.2) is 0 Å². The fourth-order valence-corrected chi connectivity index (χ4v) is 1.73. The highest BCUT2D eigenvalue weighted by Gasteiger charge is 2.29. The Morgan fingerprint density at radius 3 is 2.93 bits per heavy atom. The lowest BCUT2D eigenvalue weighted by molar-refractivity contribution is 0.768. The van der Waals surface area contributed by atoms with E-state index in [1.165, 1.54) is 18.4 Å². The summed E-state index contributed by atoms with van der Waals surface area (Å²) < 4.78 is 0. The molecule has 1 unspecified atom stereocenters. The van der Waals surface area contributed by atoms with Crippen molar-refractivity contribution in [2.24, 2.45) is 5.92 Å². The second-order valence-electron chi connectivity index (χ2n) is 3.96. The second-order valence-corrected chi connectivity index (χ2v) is 4.52. The Bertz CT molecular complexity index is 293. The summed E-state index contributed by atoms with van der Waals surface area (Å²) >= 11 is 6.17.